The summed E-state index contributed by atoms with van der Waals surface area (Å²) in [7, 11) is 0. The fourth-order valence-electron chi connectivity index (χ4n) is 4.16. The topological polar surface area (TPSA) is 50.2 Å². The molecule has 2 atom stereocenters. The minimum absolute atomic E-state index is 0.0766. The van der Waals surface area contributed by atoms with Gasteiger partial charge in [-0.1, -0.05) is 11.6 Å². The summed E-state index contributed by atoms with van der Waals surface area (Å²) in [5, 5.41) is 3.43. The van der Waals surface area contributed by atoms with Crippen molar-refractivity contribution in [2.24, 2.45) is 5.92 Å². The second-order valence-corrected chi connectivity index (χ2v) is 8.56. The van der Waals surface area contributed by atoms with Crippen LogP contribution in [-0.4, -0.2) is 16.5 Å². The lowest BCUT2D eigenvalue weighted by Crippen LogP contribution is -3.12. The predicted octanol–water partition coefficient (Wildman–Crippen LogP) is 2.73. The van der Waals surface area contributed by atoms with Crippen LogP contribution in [0.25, 0.3) is 10.9 Å². The monoisotopic (exact) mass is 372 g/mol. The Morgan fingerprint density at radius 2 is 2.20 bits per heavy atom. The van der Waals surface area contributed by atoms with Crippen LogP contribution in [-0.2, 0) is 13.0 Å². The van der Waals surface area contributed by atoms with Crippen LogP contribution in [0.3, 0.4) is 0 Å². The molecule has 4 nitrogen and oxygen atoms in total. The summed E-state index contributed by atoms with van der Waals surface area (Å²) < 4.78 is 0. The Labute approximate surface area is 154 Å². The van der Waals surface area contributed by atoms with Crippen molar-refractivity contribution in [2.45, 2.75) is 31.8 Å². The van der Waals surface area contributed by atoms with Gasteiger partial charge in [0.1, 0.15) is 12.6 Å². The zero-order valence-electron chi connectivity index (χ0n) is 13.7. The highest BCUT2D eigenvalue weighted by atomic mass is 35.5. The van der Waals surface area contributed by atoms with E-state index in [-0.39, 0.29) is 5.56 Å². The van der Waals surface area contributed by atoms with Gasteiger partial charge >= 0.3 is 0 Å². The minimum Gasteiger partial charge on any atom is -0.322 e. The van der Waals surface area contributed by atoms with E-state index in [1.165, 1.54) is 23.3 Å². The number of quaternary nitrogens is 1. The first-order valence-corrected chi connectivity index (χ1v) is 10.0. The van der Waals surface area contributed by atoms with Crippen molar-refractivity contribution in [1.82, 2.24) is 9.97 Å². The quantitative estimate of drug-likeness (QED) is 0.742. The van der Waals surface area contributed by atoms with E-state index in [1.807, 2.05) is 11.3 Å². The van der Waals surface area contributed by atoms with Crippen molar-refractivity contribution in [3.63, 3.8) is 0 Å². The summed E-state index contributed by atoms with van der Waals surface area (Å²) in [5.74, 6) is 1.55. The number of halogens is 1. The first-order chi connectivity index (χ1) is 12.2. The maximum Gasteiger partial charge on any atom is 0.258 e. The molecule has 1 aliphatic carbocycles. The van der Waals surface area contributed by atoms with Crippen LogP contribution in [0, 0.1) is 5.92 Å². The standard InChI is InChI=1S/C19H18ClN3OS/c20-12-3-4-13-15(9-12)21-17(22-19(13)24)10-23-7-5-16-14(6-8-25-16)18(23)11-1-2-11/h3-4,6,8-9,11,18H,1-2,5,7,10H2,(H,21,22,24)/p+1/t18-/m0/s1. The van der Waals surface area contributed by atoms with Crippen LogP contribution in [0.2, 0.25) is 5.02 Å². The number of H-pyrrole nitrogens is 1. The van der Waals surface area contributed by atoms with E-state index in [2.05, 4.69) is 16.4 Å². The maximum absolute atomic E-state index is 12.4. The summed E-state index contributed by atoms with van der Waals surface area (Å²) in [6.07, 6.45) is 3.76. The van der Waals surface area contributed by atoms with Crippen molar-refractivity contribution >= 4 is 33.8 Å². The zero-order chi connectivity index (χ0) is 17.0. The molecule has 2 aromatic heterocycles. The maximum atomic E-state index is 12.4. The molecule has 0 radical (unpaired) electrons. The highest BCUT2D eigenvalue weighted by Crippen LogP contribution is 2.42. The molecule has 3 aromatic rings. The molecule has 0 bridgehead atoms. The van der Waals surface area contributed by atoms with E-state index in [0.29, 0.717) is 22.0 Å². The number of hydrogen-bond donors (Lipinski definition) is 2. The van der Waals surface area contributed by atoms with Crippen molar-refractivity contribution in [3.05, 3.63) is 61.3 Å². The third kappa shape index (κ3) is 2.80. The fourth-order valence-corrected chi connectivity index (χ4v) is 5.25. The van der Waals surface area contributed by atoms with Crippen LogP contribution in [0.15, 0.2) is 34.4 Å². The molecule has 1 aliphatic heterocycles. The molecule has 0 amide bonds. The molecule has 128 valence electrons. The van der Waals surface area contributed by atoms with Crippen molar-refractivity contribution in [1.29, 1.82) is 0 Å². The van der Waals surface area contributed by atoms with Gasteiger partial charge in [0.05, 0.1) is 17.4 Å². The number of aromatic amines is 1. The minimum atomic E-state index is -0.0766. The second-order valence-electron chi connectivity index (χ2n) is 7.12. The van der Waals surface area contributed by atoms with Crippen LogP contribution in [0.4, 0.5) is 0 Å². The summed E-state index contributed by atoms with van der Waals surface area (Å²) in [4.78, 5) is 23.1. The predicted molar refractivity (Wildman–Crippen MR) is 100 cm³/mol. The first-order valence-electron chi connectivity index (χ1n) is 8.78. The van der Waals surface area contributed by atoms with Crippen molar-refractivity contribution < 1.29 is 4.90 Å². The van der Waals surface area contributed by atoms with E-state index in [4.69, 9.17) is 16.6 Å². The molecular weight excluding hydrogens is 354 g/mol. The Bertz CT molecular complexity index is 1010. The van der Waals surface area contributed by atoms with Gasteiger partial charge in [-0.05, 0) is 42.5 Å². The van der Waals surface area contributed by atoms with Crippen molar-refractivity contribution in [2.75, 3.05) is 6.54 Å². The van der Waals surface area contributed by atoms with E-state index in [1.54, 1.807) is 23.1 Å². The van der Waals surface area contributed by atoms with E-state index < -0.39 is 0 Å². The number of thiophene rings is 1. The lowest BCUT2D eigenvalue weighted by molar-refractivity contribution is -0.950. The highest BCUT2D eigenvalue weighted by Gasteiger charge is 2.43. The third-order valence-corrected chi connectivity index (χ3v) is 6.67. The molecule has 1 aromatic carbocycles. The van der Waals surface area contributed by atoms with Crippen molar-refractivity contribution in [3.8, 4) is 0 Å². The van der Waals surface area contributed by atoms with Crippen LogP contribution >= 0.6 is 22.9 Å². The number of nitrogens with zero attached hydrogens (tertiary/aromatic N) is 1. The summed E-state index contributed by atoms with van der Waals surface area (Å²) >= 11 is 7.96. The Morgan fingerprint density at radius 3 is 3.04 bits per heavy atom. The molecule has 1 fully saturated rings. The number of benzene rings is 1. The molecule has 1 saturated carbocycles. The molecular formula is C19H19ClN3OS+. The second kappa shape index (κ2) is 5.94. The average molecular weight is 373 g/mol. The molecule has 0 saturated heterocycles. The third-order valence-electron chi connectivity index (χ3n) is 5.43. The van der Waals surface area contributed by atoms with Gasteiger partial charge in [-0.15, -0.1) is 11.3 Å². The number of nitrogens with one attached hydrogen (secondary N) is 2. The molecule has 2 N–H and O–H groups in total. The summed E-state index contributed by atoms with van der Waals surface area (Å²) in [5.41, 5.74) is 2.13. The van der Waals surface area contributed by atoms with Crippen LogP contribution in [0.1, 0.15) is 35.1 Å². The molecule has 6 heteroatoms. The van der Waals surface area contributed by atoms with Gasteiger partial charge in [0.25, 0.3) is 5.56 Å². The van der Waals surface area contributed by atoms with Gasteiger partial charge in [-0.3, -0.25) is 4.79 Å². The fraction of sp³-hybridized carbons (Fsp3) is 0.368. The van der Waals surface area contributed by atoms with E-state index >= 15 is 0 Å². The van der Waals surface area contributed by atoms with Gasteiger partial charge in [0, 0.05) is 27.8 Å². The average Bonchev–Trinajstić information content (AvgIpc) is 3.30. The normalized spacial score (nSPS) is 22.9. The first kappa shape index (κ1) is 15.6. The van der Waals surface area contributed by atoms with Gasteiger partial charge in [-0.2, -0.15) is 0 Å². The van der Waals surface area contributed by atoms with Gasteiger partial charge in [-0.25, -0.2) is 4.98 Å². The van der Waals surface area contributed by atoms with Crippen LogP contribution in [0.5, 0.6) is 0 Å². The molecule has 25 heavy (non-hydrogen) atoms. The summed E-state index contributed by atoms with van der Waals surface area (Å²) in [6, 6.07) is 8.11. The molecule has 3 heterocycles. The lowest BCUT2D eigenvalue weighted by atomic mass is 9.96. The highest BCUT2D eigenvalue weighted by molar-refractivity contribution is 7.10. The van der Waals surface area contributed by atoms with Gasteiger partial charge in [0.15, 0.2) is 5.82 Å². The van der Waals surface area contributed by atoms with Gasteiger partial charge < -0.3 is 9.88 Å². The van der Waals surface area contributed by atoms with Crippen LogP contribution < -0.4 is 10.5 Å². The Hall–Kier alpha value is -1.69. The molecule has 0 spiro atoms. The zero-order valence-corrected chi connectivity index (χ0v) is 15.3. The Morgan fingerprint density at radius 1 is 1.32 bits per heavy atom. The molecule has 5 rings (SSSR count). The number of aromatic nitrogens is 2. The number of hydrogen-bond acceptors (Lipinski definition) is 3. The SMILES string of the molecule is O=c1[nH]c(C[NH+]2CCc3sccc3[C@@H]2C2CC2)nc2cc(Cl)ccc12. The molecule has 1 unspecified atom stereocenters. The molecule has 2 aliphatic rings. The smallest absolute Gasteiger partial charge is 0.258 e. The number of fused-ring (bicyclic) bond motifs is 2. The van der Waals surface area contributed by atoms with E-state index in [9.17, 15) is 4.79 Å². The Kier molecular flexibility index (Phi) is 3.69. The van der Waals surface area contributed by atoms with Gasteiger partial charge in [0.2, 0.25) is 0 Å². The van der Waals surface area contributed by atoms with E-state index in [0.717, 1.165) is 31.3 Å². The Balaban J connectivity index is 1.51. The number of rotatable bonds is 3. The lowest BCUT2D eigenvalue weighted by Gasteiger charge is -2.32. The summed E-state index contributed by atoms with van der Waals surface area (Å²) in [6.45, 7) is 1.86. The largest absolute Gasteiger partial charge is 0.322 e.